The van der Waals surface area contributed by atoms with Gasteiger partial charge in [-0.25, -0.2) is 0 Å². The lowest BCUT2D eigenvalue weighted by Gasteiger charge is -2.31. The van der Waals surface area contributed by atoms with Crippen molar-refractivity contribution >= 4 is 17.5 Å². The zero-order valence-electron chi connectivity index (χ0n) is 10.8. The summed E-state index contributed by atoms with van der Waals surface area (Å²) in [6.07, 6.45) is 2.50. The zero-order chi connectivity index (χ0) is 13.3. The van der Waals surface area contributed by atoms with Crippen LogP contribution < -0.4 is 11.1 Å². The summed E-state index contributed by atoms with van der Waals surface area (Å²) in [4.78, 5) is 11.9. The van der Waals surface area contributed by atoms with Gasteiger partial charge in [-0.3, -0.25) is 10.1 Å². The second-order valence-corrected chi connectivity index (χ2v) is 5.46. The normalized spacial score (nSPS) is 23.7. The molecule has 0 aliphatic heterocycles. The number of hydrogen-bond acceptors (Lipinski definition) is 2. The fourth-order valence-electron chi connectivity index (χ4n) is 2.64. The second kappa shape index (κ2) is 4.90. The van der Waals surface area contributed by atoms with Crippen molar-refractivity contribution in [2.75, 3.05) is 0 Å². The molecule has 2 atom stereocenters. The number of nitrogens with two attached hydrogens (primary N) is 1. The van der Waals surface area contributed by atoms with E-state index in [1.165, 1.54) is 0 Å². The Morgan fingerprint density at radius 3 is 2.94 bits per heavy atom. The molecule has 2 rings (SSSR count). The van der Waals surface area contributed by atoms with E-state index in [1.807, 2.05) is 18.2 Å². The number of aryl methyl sites for hydroxylation is 1. The van der Waals surface area contributed by atoms with Gasteiger partial charge in [-0.15, -0.1) is 0 Å². The molecule has 1 aliphatic rings. The largest absolute Gasteiger partial charge is 0.368 e. The molecule has 0 fully saturated rings. The van der Waals surface area contributed by atoms with Gasteiger partial charge in [0.05, 0.1) is 0 Å². The highest BCUT2D eigenvalue weighted by Gasteiger charge is 2.44. The number of nitrogens with one attached hydrogen (secondary N) is 1. The van der Waals surface area contributed by atoms with Gasteiger partial charge in [-0.05, 0) is 49.4 Å². The number of amides is 1. The van der Waals surface area contributed by atoms with Crippen LogP contribution in [0.2, 0.25) is 5.02 Å². The standard InChI is InChI=1S/C14H19ClN2O/c1-3-9(2)17-14(13(16)18)7-6-10-8-11(15)4-5-12(10)14/h4-5,8-9,17H,3,6-7H2,1-2H3,(H2,16,18). The maximum Gasteiger partial charge on any atom is 0.242 e. The number of fused-ring (bicyclic) bond motifs is 1. The fourth-order valence-corrected chi connectivity index (χ4v) is 2.84. The van der Waals surface area contributed by atoms with Crippen LogP contribution in [0.25, 0.3) is 0 Å². The van der Waals surface area contributed by atoms with Crippen LogP contribution in [0.1, 0.15) is 37.8 Å². The SMILES string of the molecule is CCC(C)NC1(C(N)=O)CCc2cc(Cl)ccc21. The van der Waals surface area contributed by atoms with Crippen LogP contribution in [-0.2, 0) is 16.8 Å². The molecule has 1 aliphatic carbocycles. The Hall–Kier alpha value is -1.06. The number of carbonyl (C=O) groups is 1. The van der Waals surface area contributed by atoms with Crippen LogP contribution in [0, 0.1) is 0 Å². The summed E-state index contributed by atoms with van der Waals surface area (Å²) in [6, 6.07) is 5.92. The van der Waals surface area contributed by atoms with Gasteiger partial charge in [0.2, 0.25) is 5.91 Å². The highest BCUT2D eigenvalue weighted by atomic mass is 35.5. The minimum absolute atomic E-state index is 0.249. The Bertz CT molecular complexity index is 475. The molecule has 2 unspecified atom stereocenters. The molecule has 0 spiro atoms. The Morgan fingerprint density at radius 2 is 2.33 bits per heavy atom. The molecule has 0 saturated carbocycles. The summed E-state index contributed by atoms with van der Waals surface area (Å²) in [5.74, 6) is -0.302. The maximum absolute atomic E-state index is 11.9. The highest BCUT2D eigenvalue weighted by molar-refractivity contribution is 6.30. The van der Waals surface area contributed by atoms with E-state index in [1.54, 1.807) is 0 Å². The van der Waals surface area contributed by atoms with Crippen LogP contribution in [0.4, 0.5) is 0 Å². The number of hydrogen-bond donors (Lipinski definition) is 2. The lowest BCUT2D eigenvalue weighted by molar-refractivity contribution is -0.125. The van der Waals surface area contributed by atoms with E-state index in [0.29, 0.717) is 11.4 Å². The first kappa shape index (κ1) is 13.4. The van der Waals surface area contributed by atoms with E-state index in [0.717, 1.165) is 24.0 Å². The predicted molar refractivity (Wildman–Crippen MR) is 73.5 cm³/mol. The molecule has 0 aromatic heterocycles. The summed E-state index contributed by atoms with van der Waals surface area (Å²) in [5, 5.41) is 4.11. The van der Waals surface area contributed by atoms with Crippen LogP contribution >= 0.6 is 11.6 Å². The number of rotatable bonds is 4. The molecule has 1 aromatic carbocycles. The summed E-state index contributed by atoms with van der Waals surface area (Å²) < 4.78 is 0. The summed E-state index contributed by atoms with van der Waals surface area (Å²) in [7, 11) is 0. The minimum atomic E-state index is -0.727. The first-order valence-corrected chi connectivity index (χ1v) is 6.74. The molecule has 0 radical (unpaired) electrons. The van der Waals surface area contributed by atoms with Gasteiger partial charge in [-0.2, -0.15) is 0 Å². The van der Waals surface area contributed by atoms with Gasteiger partial charge in [0.1, 0.15) is 5.54 Å². The molecule has 3 N–H and O–H groups in total. The molecule has 0 saturated heterocycles. The monoisotopic (exact) mass is 266 g/mol. The van der Waals surface area contributed by atoms with E-state index < -0.39 is 5.54 Å². The molecule has 1 aromatic rings. The second-order valence-electron chi connectivity index (χ2n) is 5.02. The zero-order valence-corrected chi connectivity index (χ0v) is 11.6. The molecule has 4 heteroatoms. The Kier molecular flexibility index (Phi) is 3.64. The van der Waals surface area contributed by atoms with E-state index in [9.17, 15) is 4.79 Å². The van der Waals surface area contributed by atoms with Crippen LogP contribution in [-0.4, -0.2) is 11.9 Å². The molecule has 3 nitrogen and oxygen atoms in total. The van der Waals surface area contributed by atoms with Crippen molar-refractivity contribution in [2.45, 2.75) is 44.7 Å². The van der Waals surface area contributed by atoms with Gasteiger partial charge in [0, 0.05) is 11.1 Å². The van der Waals surface area contributed by atoms with Crippen LogP contribution in [0.5, 0.6) is 0 Å². The maximum atomic E-state index is 11.9. The quantitative estimate of drug-likeness (QED) is 0.879. The fraction of sp³-hybridized carbons (Fsp3) is 0.500. The van der Waals surface area contributed by atoms with Gasteiger partial charge in [0.25, 0.3) is 0 Å². The van der Waals surface area contributed by atoms with Crippen molar-refractivity contribution in [2.24, 2.45) is 5.73 Å². The average Bonchev–Trinajstić information content (AvgIpc) is 2.68. The molecular weight excluding hydrogens is 248 g/mol. The van der Waals surface area contributed by atoms with Crippen LogP contribution in [0.3, 0.4) is 0 Å². The molecule has 0 heterocycles. The topological polar surface area (TPSA) is 55.1 Å². The summed E-state index contributed by atoms with van der Waals surface area (Å²) in [6.45, 7) is 4.16. The molecule has 0 bridgehead atoms. The third-order valence-corrected chi connectivity index (χ3v) is 4.06. The Balaban J connectivity index is 2.44. The van der Waals surface area contributed by atoms with Gasteiger partial charge >= 0.3 is 0 Å². The van der Waals surface area contributed by atoms with Gasteiger partial charge in [-0.1, -0.05) is 24.6 Å². The van der Waals surface area contributed by atoms with Crippen molar-refractivity contribution in [1.82, 2.24) is 5.32 Å². The van der Waals surface area contributed by atoms with E-state index in [-0.39, 0.29) is 11.9 Å². The smallest absolute Gasteiger partial charge is 0.242 e. The number of primary amides is 1. The van der Waals surface area contributed by atoms with Gasteiger partial charge in [0.15, 0.2) is 0 Å². The van der Waals surface area contributed by atoms with Gasteiger partial charge < -0.3 is 5.73 Å². The first-order chi connectivity index (χ1) is 8.49. The number of halogens is 1. The van der Waals surface area contributed by atoms with Crippen molar-refractivity contribution in [3.63, 3.8) is 0 Å². The third-order valence-electron chi connectivity index (χ3n) is 3.82. The lowest BCUT2D eigenvalue weighted by atomic mass is 9.89. The summed E-state index contributed by atoms with van der Waals surface area (Å²) >= 11 is 5.99. The highest BCUT2D eigenvalue weighted by Crippen LogP contribution is 2.38. The Labute approximate surface area is 113 Å². The minimum Gasteiger partial charge on any atom is -0.368 e. The third kappa shape index (κ3) is 2.13. The molecule has 1 amide bonds. The molecule has 18 heavy (non-hydrogen) atoms. The first-order valence-electron chi connectivity index (χ1n) is 6.36. The Morgan fingerprint density at radius 1 is 1.61 bits per heavy atom. The molecular formula is C14H19ClN2O. The number of benzene rings is 1. The predicted octanol–water partition coefficient (Wildman–Crippen LogP) is 2.35. The van der Waals surface area contributed by atoms with Crippen molar-refractivity contribution in [3.05, 3.63) is 34.3 Å². The van der Waals surface area contributed by atoms with Crippen molar-refractivity contribution in [1.29, 1.82) is 0 Å². The van der Waals surface area contributed by atoms with E-state index >= 15 is 0 Å². The number of carbonyl (C=O) groups excluding carboxylic acids is 1. The van der Waals surface area contributed by atoms with Crippen molar-refractivity contribution < 1.29 is 4.79 Å². The van der Waals surface area contributed by atoms with Crippen LogP contribution in [0.15, 0.2) is 18.2 Å². The van der Waals surface area contributed by atoms with E-state index in [2.05, 4.69) is 19.2 Å². The van der Waals surface area contributed by atoms with E-state index in [4.69, 9.17) is 17.3 Å². The lowest BCUT2D eigenvalue weighted by Crippen LogP contribution is -2.54. The molecule has 98 valence electrons. The van der Waals surface area contributed by atoms with Crippen molar-refractivity contribution in [3.8, 4) is 0 Å². The summed E-state index contributed by atoms with van der Waals surface area (Å²) in [5.41, 5.74) is 7.04. The average molecular weight is 267 g/mol.